The van der Waals surface area contributed by atoms with E-state index in [2.05, 4.69) is 10.3 Å². The number of hydrogen-bond acceptors (Lipinski definition) is 5. The maximum absolute atomic E-state index is 13.0. The topological polar surface area (TPSA) is 54.5 Å². The van der Waals surface area contributed by atoms with Crippen molar-refractivity contribution in [3.8, 4) is 0 Å². The zero-order valence-electron chi connectivity index (χ0n) is 13.8. The first kappa shape index (κ1) is 17.2. The lowest BCUT2D eigenvalue weighted by molar-refractivity contribution is 0.0636. The van der Waals surface area contributed by atoms with E-state index in [4.69, 9.17) is 4.74 Å². The van der Waals surface area contributed by atoms with Gasteiger partial charge in [-0.05, 0) is 52.0 Å². The van der Waals surface area contributed by atoms with E-state index in [-0.39, 0.29) is 5.82 Å². The highest BCUT2D eigenvalue weighted by Gasteiger charge is 2.19. The Morgan fingerprint density at radius 3 is 2.48 bits per heavy atom. The number of benzene rings is 1. The fourth-order valence-electron chi connectivity index (χ4n) is 1.81. The minimum absolute atomic E-state index is 0.287. The molecular formula is C16H20FN3O2S. The van der Waals surface area contributed by atoms with Crippen LogP contribution >= 0.6 is 11.3 Å². The van der Waals surface area contributed by atoms with Crippen molar-refractivity contribution >= 4 is 33.3 Å². The summed E-state index contributed by atoms with van der Waals surface area (Å²) < 4.78 is 18.2. The van der Waals surface area contributed by atoms with Crippen molar-refractivity contribution in [2.75, 3.05) is 17.3 Å². The first-order chi connectivity index (χ1) is 10.7. The van der Waals surface area contributed by atoms with Crippen LogP contribution in [0.1, 0.15) is 26.5 Å². The number of nitrogens with one attached hydrogen (secondary N) is 1. The highest BCUT2D eigenvalue weighted by molar-refractivity contribution is 7.19. The van der Waals surface area contributed by atoms with Gasteiger partial charge in [0.15, 0.2) is 5.13 Å². The Morgan fingerprint density at radius 2 is 1.91 bits per heavy atom. The number of carbonyl (C=O) groups is 1. The Kier molecular flexibility index (Phi) is 4.89. The Balaban J connectivity index is 2.14. The molecule has 23 heavy (non-hydrogen) atoms. The van der Waals surface area contributed by atoms with Gasteiger partial charge in [-0.3, -0.25) is 5.32 Å². The fourth-order valence-corrected chi connectivity index (χ4v) is 2.75. The minimum atomic E-state index is -0.559. The van der Waals surface area contributed by atoms with Gasteiger partial charge >= 0.3 is 6.09 Å². The van der Waals surface area contributed by atoms with Gasteiger partial charge in [-0.2, -0.15) is 0 Å². The van der Waals surface area contributed by atoms with Gasteiger partial charge in [0.1, 0.15) is 16.4 Å². The lowest BCUT2D eigenvalue weighted by atomic mass is 10.2. The summed E-state index contributed by atoms with van der Waals surface area (Å²) in [6.07, 6.45) is -0.514. The van der Waals surface area contributed by atoms with E-state index in [0.29, 0.717) is 15.8 Å². The number of carbonyl (C=O) groups excluding carboxylic acids is 1. The van der Waals surface area contributed by atoms with Gasteiger partial charge in [0.25, 0.3) is 0 Å². The number of thiazole rings is 1. The normalized spacial score (nSPS) is 11.2. The van der Waals surface area contributed by atoms with Crippen molar-refractivity contribution in [2.45, 2.75) is 33.3 Å². The molecule has 7 heteroatoms. The molecule has 5 nitrogen and oxygen atoms in total. The number of amides is 1. The van der Waals surface area contributed by atoms with Crippen molar-refractivity contribution < 1.29 is 13.9 Å². The number of nitrogens with zero attached hydrogens (tertiary/aromatic N) is 2. The van der Waals surface area contributed by atoms with Crippen LogP contribution in [0.3, 0.4) is 0 Å². The average molecular weight is 337 g/mol. The van der Waals surface area contributed by atoms with Gasteiger partial charge in [0, 0.05) is 12.7 Å². The molecule has 1 aromatic heterocycles. The first-order valence-corrected chi connectivity index (χ1v) is 7.94. The van der Waals surface area contributed by atoms with Crippen LogP contribution in [-0.2, 0) is 4.74 Å². The standard InChI is InChI=1S/C16H20FN3O2S/c1-10-13(19-15(21)22-16(2,3)4)23-14(18-10)20(5)12-8-6-11(17)7-9-12/h6-9H,1-5H3,(H,19,21). The molecule has 0 bridgehead atoms. The molecule has 0 aliphatic carbocycles. The van der Waals surface area contributed by atoms with Crippen LogP contribution in [0, 0.1) is 12.7 Å². The van der Waals surface area contributed by atoms with Crippen molar-refractivity contribution in [1.29, 1.82) is 0 Å². The third kappa shape index (κ3) is 4.66. The van der Waals surface area contributed by atoms with Crippen molar-refractivity contribution in [3.05, 3.63) is 35.8 Å². The van der Waals surface area contributed by atoms with E-state index in [1.807, 2.05) is 18.9 Å². The zero-order valence-corrected chi connectivity index (χ0v) is 14.6. The summed E-state index contributed by atoms with van der Waals surface area (Å²) in [5.41, 5.74) is 0.949. The lowest BCUT2D eigenvalue weighted by Crippen LogP contribution is -2.27. The summed E-state index contributed by atoms with van der Waals surface area (Å²) >= 11 is 1.33. The molecule has 2 aromatic rings. The van der Waals surface area contributed by atoms with E-state index in [9.17, 15) is 9.18 Å². The molecule has 0 saturated heterocycles. The van der Waals surface area contributed by atoms with E-state index >= 15 is 0 Å². The predicted molar refractivity (Wildman–Crippen MR) is 91.2 cm³/mol. The van der Waals surface area contributed by atoms with Crippen LogP contribution in [0.25, 0.3) is 0 Å². The molecule has 124 valence electrons. The van der Waals surface area contributed by atoms with Gasteiger partial charge in [-0.25, -0.2) is 14.2 Å². The average Bonchev–Trinajstić information content (AvgIpc) is 2.78. The number of anilines is 3. The second kappa shape index (κ2) is 6.54. The minimum Gasteiger partial charge on any atom is -0.444 e. The van der Waals surface area contributed by atoms with Crippen LogP contribution in [-0.4, -0.2) is 23.7 Å². The lowest BCUT2D eigenvalue weighted by Gasteiger charge is -2.19. The predicted octanol–water partition coefficient (Wildman–Crippen LogP) is 4.71. The van der Waals surface area contributed by atoms with Crippen molar-refractivity contribution in [1.82, 2.24) is 4.98 Å². The number of halogens is 1. The van der Waals surface area contributed by atoms with Crippen LogP contribution in [0.5, 0.6) is 0 Å². The fraction of sp³-hybridized carbons (Fsp3) is 0.375. The zero-order chi connectivity index (χ0) is 17.2. The summed E-state index contributed by atoms with van der Waals surface area (Å²) in [5, 5.41) is 4.03. The van der Waals surface area contributed by atoms with E-state index in [0.717, 1.165) is 5.69 Å². The second-order valence-electron chi connectivity index (χ2n) is 6.07. The van der Waals surface area contributed by atoms with Crippen LogP contribution < -0.4 is 10.2 Å². The highest BCUT2D eigenvalue weighted by atomic mass is 32.1. The molecule has 0 atom stereocenters. The Morgan fingerprint density at radius 1 is 1.30 bits per heavy atom. The molecule has 0 spiro atoms. The van der Waals surface area contributed by atoms with E-state index in [1.54, 1.807) is 32.9 Å². The van der Waals surface area contributed by atoms with Crippen LogP contribution in [0.4, 0.5) is 25.0 Å². The Hall–Kier alpha value is -2.15. The molecule has 0 radical (unpaired) electrons. The van der Waals surface area contributed by atoms with Crippen molar-refractivity contribution in [3.63, 3.8) is 0 Å². The molecule has 1 aromatic carbocycles. The van der Waals surface area contributed by atoms with Crippen molar-refractivity contribution in [2.24, 2.45) is 0 Å². The Labute approximate surface area is 139 Å². The Bertz CT molecular complexity index is 692. The third-order valence-corrected chi connectivity index (χ3v) is 4.05. The molecule has 0 fully saturated rings. The summed E-state index contributed by atoms with van der Waals surface area (Å²) in [7, 11) is 1.84. The third-order valence-electron chi connectivity index (χ3n) is 2.90. The monoisotopic (exact) mass is 337 g/mol. The smallest absolute Gasteiger partial charge is 0.412 e. The number of ether oxygens (including phenoxy) is 1. The summed E-state index contributed by atoms with van der Waals surface area (Å²) in [4.78, 5) is 18.1. The number of hydrogen-bond donors (Lipinski definition) is 1. The van der Waals surface area contributed by atoms with Crippen LogP contribution in [0.2, 0.25) is 0 Å². The van der Waals surface area contributed by atoms with Gasteiger partial charge in [-0.15, -0.1) is 0 Å². The molecular weight excluding hydrogens is 317 g/mol. The summed E-state index contributed by atoms with van der Waals surface area (Å²) in [5.74, 6) is -0.287. The molecule has 0 aliphatic heterocycles. The molecule has 0 aliphatic rings. The molecule has 0 saturated carbocycles. The number of aryl methyl sites for hydroxylation is 1. The van der Waals surface area contributed by atoms with Gasteiger partial charge in [-0.1, -0.05) is 11.3 Å². The number of rotatable bonds is 3. The highest BCUT2D eigenvalue weighted by Crippen LogP contribution is 2.34. The molecule has 2 rings (SSSR count). The molecule has 1 heterocycles. The van der Waals surface area contributed by atoms with E-state index < -0.39 is 11.7 Å². The number of aromatic nitrogens is 1. The maximum Gasteiger partial charge on any atom is 0.412 e. The second-order valence-corrected chi connectivity index (χ2v) is 7.05. The molecule has 1 amide bonds. The van der Waals surface area contributed by atoms with Gasteiger partial charge in [0.2, 0.25) is 0 Å². The largest absolute Gasteiger partial charge is 0.444 e. The molecule has 0 unspecified atom stereocenters. The quantitative estimate of drug-likeness (QED) is 0.881. The maximum atomic E-state index is 13.0. The van der Waals surface area contributed by atoms with Gasteiger partial charge < -0.3 is 9.64 Å². The summed E-state index contributed by atoms with van der Waals surface area (Å²) in [6, 6.07) is 6.14. The first-order valence-electron chi connectivity index (χ1n) is 7.12. The van der Waals surface area contributed by atoms with Crippen LogP contribution in [0.15, 0.2) is 24.3 Å². The van der Waals surface area contributed by atoms with Gasteiger partial charge in [0.05, 0.1) is 5.69 Å². The summed E-state index contributed by atoms with van der Waals surface area (Å²) in [6.45, 7) is 7.23. The van der Waals surface area contributed by atoms with E-state index in [1.165, 1.54) is 23.5 Å². The molecule has 1 N–H and O–H groups in total. The SMILES string of the molecule is Cc1nc(N(C)c2ccc(F)cc2)sc1NC(=O)OC(C)(C)C.